The van der Waals surface area contributed by atoms with Gasteiger partial charge < -0.3 is 20.9 Å². The lowest BCUT2D eigenvalue weighted by Gasteiger charge is -2.17. The molecule has 3 aromatic carbocycles. The fraction of sp³-hybridized carbons (Fsp3) is 0.472. The van der Waals surface area contributed by atoms with Gasteiger partial charge in [-0.1, -0.05) is 106 Å². The van der Waals surface area contributed by atoms with Crippen LogP contribution in [0.1, 0.15) is 76.7 Å². The Morgan fingerprint density at radius 3 is 1.79 bits per heavy atom. The summed E-state index contributed by atoms with van der Waals surface area (Å²) in [6.07, 6.45) is 10.9. The van der Waals surface area contributed by atoms with E-state index in [1.165, 1.54) is 32.1 Å². The molecule has 0 amide bonds. The molecule has 0 saturated carbocycles. The molecule has 0 aliphatic rings. The molecule has 4 N–H and O–H groups in total. The molecule has 0 atom stereocenters. The Morgan fingerprint density at radius 2 is 1.15 bits per heavy atom. The molecule has 47 heavy (non-hydrogen) atoms. The van der Waals surface area contributed by atoms with E-state index in [2.05, 4.69) is 54.7 Å². The summed E-state index contributed by atoms with van der Waals surface area (Å²) in [5.74, 6) is 1.65. The van der Waals surface area contributed by atoms with Crippen LogP contribution >= 0.6 is 0 Å². The molecule has 1 heterocycles. The fourth-order valence-corrected chi connectivity index (χ4v) is 6.77. The van der Waals surface area contributed by atoms with E-state index in [0.717, 1.165) is 67.2 Å². The number of benzene rings is 3. The molecule has 0 radical (unpaired) electrons. The average Bonchev–Trinajstić information content (AvgIpc) is 3.08. The Labute approximate surface area is 281 Å². The lowest BCUT2D eigenvalue weighted by Crippen LogP contribution is -2.25. The van der Waals surface area contributed by atoms with Crippen molar-refractivity contribution in [3.05, 3.63) is 72.3 Å². The molecule has 0 bridgehead atoms. The molecule has 10 nitrogen and oxygen atoms in total. The van der Waals surface area contributed by atoms with Crippen molar-refractivity contribution < 1.29 is 8.42 Å². The molecule has 4 rings (SSSR count). The van der Waals surface area contributed by atoms with Crippen LogP contribution in [0.25, 0.3) is 10.8 Å². The molecular formula is C36H52N8O2S. The third-order valence-corrected chi connectivity index (χ3v) is 9.57. The zero-order valence-corrected chi connectivity index (χ0v) is 29.1. The van der Waals surface area contributed by atoms with Gasteiger partial charge in [0.05, 0.1) is 4.90 Å². The van der Waals surface area contributed by atoms with E-state index in [4.69, 9.17) is 0 Å². The lowest BCUT2D eigenvalue weighted by molar-refractivity contribution is 0.573. The molecule has 0 aliphatic carbocycles. The topological polar surface area (TPSA) is 124 Å². The zero-order chi connectivity index (χ0) is 33.3. The number of fused-ring (bicyclic) bond motifs is 1. The van der Waals surface area contributed by atoms with Gasteiger partial charge in [-0.25, -0.2) is 13.1 Å². The first kappa shape index (κ1) is 35.9. The predicted molar refractivity (Wildman–Crippen MR) is 196 cm³/mol. The SMILES string of the molecule is CCCCCCCCNc1nc(NCCCCCCNS(=O)(=O)c2cccc3c(N(C)C)cccc23)nc(NCc2ccccc2)n1. The second-order valence-corrected chi connectivity index (χ2v) is 13.8. The van der Waals surface area contributed by atoms with Crippen molar-refractivity contribution in [2.45, 2.75) is 82.6 Å². The quantitative estimate of drug-likeness (QED) is 0.0637. The first-order valence-electron chi connectivity index (χ1n) is 17.1. The van der Waals surface area contributed by atoms with Gasteiger partial charge in [0.15, 0.2) is 0 Å². The maximum absolute atomic E-state index is 13.2. The van der Waals surface area contributed by atoms with Crippen LogP contribution in [0.4, 0.5) is 23.5 Å². The van der Waals surface area contributed by atoms with Crippen molar-refractivity contribution in [3.8, 4) is 0 Å². The van der Waals surface area contributed by atoms with Crippen molar-refractivity contribution in [3.63, 3.8) is 0 Å². The minimum Gasteiger partial charge on any atom is -0.377 e. The van der Waals surface area contributed by atoms with Crippen molar-refractivity contribution >= 4 is 44.3 Å². The molecule has 254 valence electrons. The highest BCUT2D eigenvalue weighted by molar-refractivity contribution is 7.89. The van der Waals surface area contributed by atoms with Crippen LogP contribution in [0.5, 0.6) is 0 Å². The highest BCUT2D eigenvalue weighted by atomic mass is 32.2. The monoisotopic (exact) mass is 660 g/mol. The van der Waals surface area contributed by atoms with Crippen LogP contribution in [0.15, 0.2) is 71.6 Å². The van der Waals surface area contributed by atoms with Crippen LogP contribution in [0.2, 0.25) is 0 Å². The Bertz CT molecular complexity index is 1620. The van der Waals surface area contributed by atoms with Gasteiger partial charge in [0.1, 0.15) is 0 Å². The summed E-state index contributed by atoms with van der Waals surface area (Å²) in [6.45, 7) is 4.81. The number of nitrogens with one attached hydrogen (secondary N) is 4. The van der Waals surface area contributed by atoms with E-state index >= 15 is 0 Å². The Hall–Kier alpha value is -3.96. The molecule has 0 saturated heterocycles. The van der Waals surface area contributed by atoms with Crippen LogP contribution in [-0.2, 0) is 16.6 Å². The molecule has 4 aromatic rings. The number of unbranched alkanes of at least 4 members (excludes halogenated alkanes) is 8. The smallest absolute Gasteiger partial charge is 0.241 e. The number of sulfonamides is 1. The van der Waals surface area contributed by atoms with Gasteiger partial charge in [-0.3, -0.25) is 0 Å². The van der Waals surface area contributed by atoms with Crippen molar-refractivity contribution in [2.75, 3.05) is 54.6 Å². The summed E-state index contributed by atoms with van der Waals surface area (Å²) in [6, 6.07) is 21.4. The van der Waals surface area contributed by atoms with Crippen LogP contribution in [0, 0.1) is 0 Å². The van der Waals surface area contributed by atoms with Gasteiger partial charge in [-0.05, 0) is 37.0 Å². The van der Waals surface area contributed by atoms with Gasteiger partial charge in [-0.15, -0.1) is 0 Å². The highest BCUT2D eigenvalue weighted by Crippen LogP contribution is 2.30. The molecule has 0 spiro atoms. The maximum Gasteiger partial charge on any atom is 0.241 e. The largest absolute Gasteiger partial charge is 0.377 e. The fourth-order valence-electron chi connectivity index (χ4n) is 5.47. The number of hydrogen-bond donors (Lipinski definition) is 4. The van der Waals surface area contributed by atoms with E-state index in [-0.39, 0.29) is 0 Å². The van der Waals surface area contributed by atoms with Crippen LogP contribution in [0.3, 0.4) is 0 Å². The summed E-state index contributed by atoms with van der Waals surface area (Å²) in [7, 11) is 0.297. The Morgan fingerprint density at radius 1 is 0.596 bits per heavy atom. The number of hydrogen-bond acceptors (Lipinski definition) is 9. The normalized spacial score (nSPS) is 11.5. The number of nitrogens with zero attached hydrogens (tertiary/aromatic N) is 4. The van der Waals surface area contributed by atoms with E-state index in [1.807, 2.05) is 61.5 Å². The number of anilines is 4. The van der Waals surface area contributed by atoms with E-state index in [1.54, 1.807) is 12.1 Å². The highest BCUT2D eigenvalue weighted by Gasteiger charge is 2.18. The van der Waals surface area contributed by atoms with Gasteiger partial charge >= 0.3 is 0 Å². The summed E-state index contributed by atoms with van der Waals surface area (Å²) < 4.78 is 29.2. The molecule has 0 aliphatic heterocycles. The second kappa shape index (κ2) is 19.0. The molecule has 0 unspecified atom stereocenters. The zero-order valence-electron chi connectivity index (χ0n) is 28.3. The van der Waals surface area contributed by atoms with Gasteiger partial charge in [0, 0.05) is 56.7 Å². The molecule has 11 heteroatoms. The van der Waals surface area contributed by atoms with Gasteiger partial charge in [-0.2, -0.15) is 15.0 Å². The summed E-state index contributed by atoms with van der Waals surface area (Å²) in [5.41, 5.74) is 2.15. The number of rotatable bonds is 22. The summed E-state index contributed by atoms with van der Waals surface area (Å²) in [5, 5.41) is 11.7. The van der Waals surface area contributed by atoms with E-state index in [9.17, 15) is 8.42 Å². The second-order valence-electron chi connectivity index (χ2n) is 12.1. The summed E-state index contributed by atoms with van der Waals surface area (Å²) >= 11 is 0. The van der Waals surface area contributed by atoms with E-state index < -0.39 is 10.0 Å². The molecular weight excluding hydrogens is 609 g/mol. The van der Waals surface area contributed by atoms with Crippen LogP contribution < -0.4 is 25.6 Å². The third-order valence-electron chi connectivity index (χ3n) is 8.05. The lowest BCUT2D eigenvalue weighted by atomic mass is 10.1. The average molecular weight is 661 g/mol. The minimum atomic E-state index is -3.62. The summed E-state index contributed by atoms with van der Waals surface area (Å²) in [4.78, 5) is 16.1. The van der Waals surface area contributed by atoms with Gasteiger partial charge in [0.25, 0.3) is 0 Å². The standard InChI is InChI=1S/C36H52N8O2S/c1-4-5-6-7-8-14-25-37-34-41-35(43-36(42-34)39-28-29-19-12-11-13-20-29)38-26-15-9-10-16-27-40-47(45,46)33-24-18-21-30-31(33)22-17-23-32(30)44(2)3/h11-13,17-24,40H,4-10,14-16,25-28H2,1-3H3,(H3,37,38,39,41,42,43). The van der Waals surface area contributed by atoms with Crippen molar-refractivity contribution in [2.24, 2.45) is 0 Å². The maximum atomic E-state index is 13.2. The van der Waals surface area contributed by atoms with E-state index in [0.29, 0.717) is 35.8 Å². The third kappa shape index (κ3) is 11.7. The molecule has 1 aromatic heterocycles. The van der Waals surface area contributed by atoms with Gasteiger partial charge in [0.2, 0.25) is 27.9 Å². The number of aromatic nitrogens is 3. The van der Waals surface area contributed by atoms with Crippen LogP contribution in [-0.4, -0.2) is 57.1 Å². The predicted octanol–water partition coefficient (Wildman–Crippen LogP) is 7.43. The Balaban J connectivity index is 1.22. The Kier molecular flexibility index (Phi) is 14.5. The first-order valence-corrected chi connectivity index (χ1v) is 18.6. The molecule has 0 fully saturated rings. The van der Waals surface area contributed by atoms with Crippen molar-refractivity contribution in [1.82, 2.24) is 19.7 Å². The first-order chi connectivity index (χ1) is 22.9. The minimum absolute atomic E-state index is 0.318. The van der Waals surface area contributed by atoms with Crippen molar-refractivity contribution in [1.29, 1.82) is 0 Å².